The molecule has 0 aliphatic heterocycles. The molecule has 0 saturated carbocycles. The molecule has 4 rings (SSSR count). The Morgan fingerprint density at radius 1 is 1.12 bits per heavy atom. The maximum absolute atomic E-state index is 12.6. The van der Waals surface area contributed by atoms with Gasteiger partial charge < -0.3 is 4.57 Å². The van der Waals surface area contributed by atoms with Crippen molar-refractivity contribution in [3.8, 4) is 0 Å². The Hall–Kier alpha value is -2.84. The molecule has 26 heavy (non-hydrogen) atoms. The van der Waals surface area contributed by atoms with Crippen LogP contribution in [0.3, 0.4) is 0 Å². The van der Waals surface area contributed by atoms with E-state index >= 15 is 0 Å². The van der Waals surface area contributed by atoms with Crippen LogP contribution in [-0.4, -0.2) is 15.4 Å². The van der Waals surface area contributed by atoms with E-state index in [2.05, 4.69) is 11.1 Å². The van der Waals surface area contributed by atoms with Gasteiger partial charge in [0.25, 0.3) is 11.6 Å². The maximum atomic E-state index is 12.6. The van der Waals surface area contributed by atoms with E-state index in [0.29, 0.717) is 15.1 Å². The standard InChI is InChI=1S/C18H13N3O3S2/c1-10-3-5-13-15(7-10)26-18(20(13)2)19-17(22)16-9-11-8-12(21(23)24)4-6-14(11)25-16/h3-9H,1-2H3. The Morgan fingerprint density at radius 2 is 1.92 bits per heavy atom. The molecule has 6 nitrogen and oxygen atoms in total. The first-order valence-corrected chi connectivity index (χ1v) is 9.39. The highest BCUT2D eigenvalue weighted by Gasteiger charge is 2.13. The van der Waals surface area contributed by atoms with Crippen molar-refractivity contribution in [2.24, 2.45) is 12.0 Å². The van der Waals surface area contributed by atoms with Crippen molar-refractivity contribution in [1.29, 1.82) is 0 Å². The van der Waals surface area contributed by atoms with Crippen molar-refractivity contribution in [3.63, 3.8) is 0 Å². The predicted octanol–water partition coefficient (Wildman–Crippen LogP) is 4.41. The van der Waals surface area contributed by atoms with Crippen molar-refractivity contribution >= 4 is 54.6 Å². The topological polar surface area (TPSA) is 77.5 Å². The maximum Gasteiger partial charge on any atom is 0.289 e. The first kappa shape index (κ1) is 16.6. The molecule has 2 heterocycles. The number of thiazole rings is 1. The number of carbonyl (C=O) groups is 1. The molecule has 0 bridgehead atoms. The second-order valence-corrected chi connectivity index (χ2v) is 8.01. The quantitative estimate of drug-likeness (QED) is 0.380. The summed E-state index contributed by atoms with van der Waals surface area (Å²) in [6.45, 7) is 2.03. The lowest BCUT2D eigenvalue weighted by Gasteiger charge is -1.95. The lowest BCUT2D eigenvalue weighted by molar-refractivity contribution is -0.384. The summed E-state index contributed by atoms with van der Waals surface area (Å²) < 4.78 is 3.80. The van der Waals surface area contributed by atoms with Gasteiger partial charge >= 0.3 is 0 Å². The Kier molecular flexibility index (Phi) is 3.93. The summed E-state index contributed by atoms with van der Waals surface area (Å²) in [5, 5.41) is 11.6. The van der Waals surface area contributed by atoms with E-state index in [1.165, 1.54) is 34.8 Å². The number of rotatable bonds is 2. The van der Waals surface area contributed by atoms with E-state index in [0.717, 1.165) is 20.5 Å². The highest BCUT2D eigenvalue weighted by atomic mass is 32.1. The molecule has 1 amide bonds. The highest BCUT2D eigenvalue weighted by molar-refractivity contribution is 7.21. The van der Waals surface area contributed by atoms with Crippen LogP contribution in [0, 0.1) is 17.0 Å². The van der Waals surface area contributed by atoms with Gasteiger partial charge in [0.2, 0.25) is 0 Å². The zero-order valence-corrected chi connectivity index (χ0v) is 15.6. The third-order valence-electron chi connectivity index (χ3n) is 4.08. The number of fused-ring (bicyclic) bond motifs is 2. The molecule has 0 unspecified atom stereocenters. The number of thiophene rings is 1. The van der Waals surface area contributed by atoms with Crippen LogP contribution in [0.5, 0.6) is 0 Å². The number of benzene rings is 2. The lowest BCUT2D eigenvalue weighted by Crippen LogP contribution is -2.12. The number of nitrogens with zero attached hydrogens (tertiary/aromatic N) is 3. The Bertz CT molecular complexity index is 1260. The highest BCUT2D eigenvalue weighted by Crippen LogP contribution is 2.29. The molecule has 0 N–H and O–H groups in total. The average Bonchev–Trinajstić information content (AvgIpc) is 3.15. The molecule has 4 aromatic rings. The van der Waals surface area contributed by atoms with Crippen molar-refractivity contribution < 1.29 is 9.72 Å². The molecular weight excluding hydrogens is 370 g/mol. The van der Waals surface area contributed by atoms with Gasteiger partial charge in [0, 0.05) is 29.3 Å². The van der Waals surface area contributed by atoms with Crippen molar-refractivity contribution in [2.45, 2.75) is 6.92 Å². The largest absolute Gasteiger partial charge is 0.319 e. The second-order valence-electron chi connectivity index (χ2n) is 5.92. The van der Waals surface area contributed by atoms with Gasteiger partial charge in [-0.15, -0.1) is 11.3 Å². The van der Waals surface area contributed by atoms with Crippen LogP contribution in [0.2, 0.25) is 0 Å². The van der Waals surface area contributed by atoms with Gasteiger partial charge in [-0.05, 0) is 36.8 Å². The third kappa shape index (κ3) is 2.83. The fraction of sp³-hybridized carbons (Fsp3) is 0.111. The summed E-state index contributed by atoms with van der Waals surface area (Å²) in [7, 11) is 1.88. The molecule has 2 aromatic heterocycles. The van der Waals surface area contributed by atoms with Crippen LogP contribution in [-0.2, 0) is 7.05 Å². The predicted molar refractivity (Wildman–Crippen MR) is 104 cm³/mol. The molecule has 8 heteroatoms. The van der Waals surface area contributed by atoms with E-state index in [1.807, 2.05) is 30.7 Å². The number of aromatic nitrogens is 1. The minimum absolute atomic E-state index is 0.0116. The molecule has 0 aliphatic carbocycles. The van der Waals surface area contributed by atoms with E-state index in [4.69, 9.17) is 0 Å². The third-order valence-corrected chi connectivity index (χ3v) is 6.28. The molecule has 0 atom stereocenters. The normalized spacial score (nSPS) is 12.2. The molecule has 2 aromatic carbocycles. The van der Waals surface area contributed by atoms with Gasteiger partial charge in [-0.2, -0.15) is 4.99 Å². The lowest BCUT2D eigenvalue weighted by atomic mass is 10.2. The summed E-state index contributed by atoms with van der Waals surface area (Å²) in [5.41, 5.74) is 2.19. The van der Waals surface area contributed by atoms with Gasteiger partial charge in [0.1, 0.15) is 0 Å². The smallest absolute Gasteiger partial charge is 0.289 e. The van der Waals surface area contributed by atoms with Crippen LogP contribution in [0.4, 0.5) is 5.69 Å². The summed E-state index contributed by atoms with van der Waals surface area (Å²) in [6.07, 6.45) is 0. The number of aryl methyl sites for hydroxylation is 2. The van der Waals surface area contributed by atoms with Gasteiger partial charge in [0.15, 0.2) is 4.80 Å². The zero-order chi connectivity index (χ0) is 18.4. The summed E-state index contributed by atoms with van der Waals surface area (Å²) >= 11 is 2.75. The molecule has 0 saturated heterocycles. The van der Waals surface area contributed by atoms with Crippen LogP contribution in [0.15, 0.2) is 47.5 Å². The SMILES string of the molecule is Cc1ccc2c(c1)sc(=NC(=O)c1cc3cc([N+](=O)[O-])ccc3s1)n2C. The van der Waals surface area contributed by atoms with Crippen LogP contribution >= 0.6 is 22.7 Å². The van der Waals surface area contributed by atoms with E-state index in [9.17, 15) is 14.9 Å². The van der Waals surface area contributed by atoms with Gasteiger partial charge in [-0.3, -0.25) is 14.9 Å². The number of non-ortho nitro benzene ring substituents is 1. The number of nitro groups is 1. The molecule has 0 aliphatic rings. The Morgan fingerprint density at radius 3 is 2.69 bits per heavy atom. The average molecular weight is 383 g/mol. The molecule has 0 radical (unpaired) electrons. The number of amides is 1. The Balaban J connectivity index is 1.78. The van der Waals surface area contributed by atoms with Gasteiger partial charge in [0.05, 0.1) is 20.0 Å². The molecule has 0 fully saturated rings. The summed E-state index contributed by atoms with van der Waals surface area (Å²) in [6, 6.07) is 12.4. The van der Waals surface area contributed by atoms with Crippen LogP contribution < -0.4 is 4.80 Å². The van der Waals surface area contributed by atoms with Gasteiger partial charge in [-0.1, -0.05) is 17.4 Å². The Labute approximate surface area is 155 Å². The molecule has 130 valence electrons. The van der Waals surface area contributed by atoms with Crippen LogP contribution in [0.1, 0.15) is 15.2 Å². The van der Waals surface area contributed by atoms with Crippen molar-refractivity contribution in [2.75, 3.05) is 0 Å². The monoisotopic (exact) mass is 383 g/mol. The number of nitro benzene ring substituents is 1. The fourth-order valence-electron chi connectivity index (χ4n) is 2.74. The fourth-order valence-corrected chi connectivity index (χ4v) is 4.78. The minimum Gasteiger partial charge on any atom is -0.319 e. The molecule has 0 spiro atoms. The molecular formula is C18H13N3O3S2. The summed E-state index contributed by atoms with van der Waals surface area (Å²) in [5.74, 6) is -0.340. The van der Waals surface area contributed by atoms with Crippen LogP contribution in [0.25, 0.3) is 20.3 Å². The van der Waals surface area contributed by atoms with Crippen molar-refractivity contribution in [1.82, 2.24) is 4.57 Å². The minimum atomic E-state index is -0.442. The van der Waals surface area contributed by atoms with Crippen molar-refractivity contribution in [3.05, 3.63) is 67.8 Å². The number of carbonyl (C=O) groups excluding carboxylic acids is 1. The summed E-state index contributed by atoms with van der Waals surface area (Å²) in [4.78, 5) is 28.4. The first-order chi connectivity index (χ1) is 12.4. The number of hydrogen-bond acceptors (Lipinski definition) is 5. The van der Waals surface area contributed by atoms with E-state index in [-0.39, 0.29) is 11.6 Å². The zero-order valence-electron chi connectivity index (χ0n) is 13.9. The van der Waals surface area contributed by atoms with E-state index in [1.54, 1.807) is 12.1 Å². The second kappa shape index (κ2) is 6.15. The number of hydrogen-bond donors (Lipinski definition) is 0. The van der Waals surface area contributed by atoms with Gasteiger partial charge in [-0.25, -0.2) is 0 Å². The van der Waals surface area contributed by atoms with E-state index < -0.39 is 4.92 Å². The first-order valence-electron chi connectivity index (χ1n) is 7.75.